The molecule has 0 bridgehead atoms. The smallest absolute Gasteiger partial charge is 0.277 e. The number of carbonyl (C=O) groups is 1. The molecule has 5 nitrogen and oxygen atoms in total. The van der Waals surface area contributed by atoms with Gasteiger partial charge in [0.1, 0.15) is 18.1 Å². The number of nitrogens with zero attached hydrogens (tertiary/aromatic N) is 1. The van der Waals surface area contributed by atoms with Gasteiger partial charge in [-0.3, -0.25) is 4.79 Å². The van der Waals surface area contributed by atoms with Crippen LogP contribution in [0.4, 0.5) is 0 Å². The predicted molar refractivity (Wildman–Crippen MR) is 115 cm³/mol. The van der Waals surface area contributed by atoms with Crippen LogP contribution in [-0.4, -0.2) is 18.7 Å². The van der Waals surface area contributed by atoms with E-state index in [4.69, 9.17) is 32.7 Å². The van der Waals surface area contributed by atoms with Crippen LogP contribution >= 0.6 is 23.2 Å². The molecule has 0 atom stereocenters. The van der Waals surface area contributed by atoms with Gasteiger partial charge in [-0.05, 0) is 71.8 Å². The van der Waals surface area contributed by atoms with E-state index in [0.29, 0.717) is 22.4 Å². The summed E-state index contributed by atoms with van der Waals surface area (Å²) >= 11 is 11.7. The molecule has 148 valence electrons. The van der Waals surface area contributed by atoms with Gasteiger partial charge >= 0.3 is 0 Å². The number of benzene rings is 3. The van der Waals surface area contributed by atoms with Gasteiger partial charge in [-0.2, -0.15) is 5.10 Å². The first-order chi connectivity index (χ1) is 14.1. The van der Waals surface area contributed by atoms with E-state index in [1.807, 2.05) is 48.5 Å². The molecule has 0 radical (unpaired) electrons. The summed E-state index contributed by atoms with van der Waals surface area (Å²) in [5.74, 6) is 0.930. The number of hydrogen-bond acceptors (Lipinski definition) is 4. The van der Waals surface area contributed by atoms with Crippen LogP contribution in [-0.2, 0) is 11.4 Å². The van der Waals surface area contributed by atoms with Crippen molar-refractivity contribution in [2.45, 2.75) is 6.61 Å². The number of rotatable bonds is 8. The molecule has 0 saturated heterocycles. The summed E-state index contributed by atoms with van der Waals surface area (Å²) < 4.78 is 11.1. The maximum Gasteiger partial charge on any atom is 0.277 e. The molecule has 0 spiro atoms. The fourth-order valence-corrected chi connectivity index (χ4v) is 2.54. The lowest BCUT2D eigenvalue weighted by atomic mass is 10.2. The van der Waals surface area contributed by atoms with E-state index >= 15 is 0 Å². The zero-order valence-electron chi connectivity index (χ0n) is 15.3. The second kappa shape index (κ2) is 10.5. The van der Waals surface area contributed by atoms with Gasteiger partial charge in [0.05, 0.1) is 6.21 Å². The first-order valence-electron chi connectivity index (χ1n) is 8.76. The molecule has 3 rings (SSSR count). The van der Waals surface area contributed by atoms with E-state index in [0.717, 1.165) is 16.9 Å². The summed E-state index contributed by atoms with van der Waals surface area (Å²) in [4.78, 5) is 11.8. The third-order valence-electron chi connectivity index (χ3n) is 3.79. The number of ether oxygens (including phenoxy) is 2. The summed E-state index contributed by atoms with van der Waals surface area (Å²) in [6.45, 7) is 0.310. The first-order valence-corrected chi connectivity index (χ1v) is 9.52. The van der Waals surface area contributed by atoms with Crippen LogP contribution in [0.3, 0.4) is 0 Å². The van der Waals surface area contributed by atoms with Crippen LogP contribution in [0.2, 0.25) is 10.0 Å². The van der Waals surface area contributed by atoms with Gasteiger partial charge in [-0.25, -0.2) is 5.43 Å². The zero-order valence-corrected chi connectivity index (χ0v) is 16.9. The minimum absolute atomic E-state index is 0.142. The van der Waals surface area contributed by atoms with Crippen LogP contribution in [0.5, 0.6) is 11.5 Å². The SMILES string of the molecule is O=C(COc1ccc(Cl)cc1)N/N=C/c1ccc(OCc2ccc(Cl)cc2)cc1. The molecule has 0 aliphatic heterocycles. The average molecular weight is 429 g/mol. The highest BCUT2D eigenvalue weighted by atomic mass is 35.5. The van der Waals surface area contributed by atoms with Crippen LogP contribution in [0.25, 0.3) is 0 Å². The van der Waals surface area contributed by atoms with Crippen LogP contribution in [0, 0.1) is 0 Å². The van der Waals surface area contributed by atoms with Crippen molar-refractivity contribution in [3.63, 3.8) is 0 Å². The molecule has 1 N–H and O–H groups in total. The molecular weight excluding hydrogens is 411 g/mol. The fraction of sp³-hybridized carbons (Fsp3) is 0.0909. The quantitative estimate of drug-likeness (QED) is 0.400. The number of hydrazone groups is 1. The van der Waals surface area contributed by atoms with Gasteiger partial charge in [0.15, 0.2) is 6.61 Å². The van der Waals surface area contributed by atoms with E-state index in [-0.39, 0.29) is 12.5 Å². The van der Waals surface area contributed by atoms with Crippen molar-refractivity contribution >= 4 is 35.3 Å². The van der Waals surface area contributed by atoms with Gasteiger partial charge in [-0.1, -0.05) is 35.3 Å². The maximum absolute atomic E-state index is 11.8. The fourth-order valence-electron chi connectivity index (χ4n) is 2.29. The Kier molecular flexibility index (Phi) is 7.50. The van der Waals surface area contributed by atoms with E-state index in [2.05, 4.69) is 10.5 Å². The van der Waals surface area contributed by atoms with Crippen molar-refractivity contribution in [2.75, 3.05) is 6.61 Å². The van der Waals surface area contributed by atoms with E-state index in [1.165, 1.54) is 0 Å². The van der Waals surface area contributed by atoms with Crippen LogP contribution in [0.15, 0.2) is 77.9 Å². The van der Waals surface area contributed by atoms with Crippen molar-refractivity contribution in [3.8, 4) is 11.5 Å². The lowest BCUT2D eigenvalue weighted by Gasteiger charge is -2.06. The standard InChI is InChI=1S/C22H18Cl2N2O3/c23-18-5-1-17(2-6-18)14-28-20-9-3-16(4-10-20)13-25-26-22(27)15-29-21-11-7-19(24)8-12-21/h1-13H,14-15H2,(H,26,27)/b25-13+. The minimum Gasteiger partial charge on any atom is -0.489 e. The Labute approximate surface area is 178 Å². The molecule has 29 heavy (non-hydrogen) atoms. The molecule has 3 aromatic carbocycles. The lowest BCUT2D eigenvalue weighted by Crippen LogP contribution is -2.24. The summed E-state index contributed by atoms with van der Waals surface area (Å²) in [7, 11) is 0. The molecule has 3 aromatic rings. The van der Waals surface area contributed by atoms with Gasteiger partial charge in [-0.15, -0.1) is 0 Å². The Balaban J connectivity index is 1.41. The second-order valence-electron chi connectivity index (χ2n) is 6.02. The van der Waals surface area contributed by atoms with E-state index in [9.17, 15) is 4.79 Å². The largest absolute Gasteiger partial charge is 0.489 e. The normalized spacial score (nSPS) is 10.7. The molecule has 0 aliphatic carbocycles. The lowest BCUT2D eigenvalue weighted by molar-refractivity contribution is -0.123. The maximum atomic E-state index is 11.8. The third-order valence-corrected chi connectivity index (χ3v) is 4.29. The first kappa shape index (κ1) is 20.7. The van der Waals surface area contributed by atoms with E-state index < -0.39 is 0 Å². The average Bonchev–Trinajstić information content (AvgIpc) is 2.74. The Hall–Kier alpha value is -3.02. The van der Waals surface area contributed by atoms with Crippen molar-refractivity contribution in [3.05, 3.63) is 94.0 Å². The summed E-state index contributed by atoms with van der Waals surface area (Å²) in [5, 5.41) is 5.22. The molecule has 0 aromatic heterocycles. The number of amides is 1. The summed E-state index contributed by atoms with van der Waals surface area (Å²) in [5.41, 5.74) is 4.27. The Morgan fingerprint density at radius 2 is 1.38 bits per heavy atom. The van der Waals surface area contributed by atoms with Gasteiger partial charge in [0.2, 0.25) is 0 Å². The van der Waals surface area contributed by atoms with Crippen molar-refractivity contribution in [1.29, 1.82) is 0 Å². The number of hydrogen-bond donors (Lipinski definition) is 1. The monoisotopic (exact) mass is 428 g/mol. The molecule has 0 aliphatic rings. The molecule has 0 fully saturated rings. The highest BCUT2D eigenvalue weighted by Crippen LogP contribution is 2.16. The topological polar surface area (TPSA) is 59.9 Å². The highest BCUT2D eigenvalue weighted by molar-refractivity contribution is 6.30. The molecule has 1 amide bonds. The molecular formula is C22H18Cl2N2O3. The molecule has 7 heteroatoms. The van der Waals surface area contributed by atoms with Gasteiger partial charge in [0, 0.05) is 10.0 Å². The highest BCUT2D eigenvalue weighted by Gasteiger charge is 2.01. The predicted octanol–water partition coefficient (Wildman–Crippen LogP) is 5.10. The third kappa shape index (κ3) is 7.14. The zero-order chi connectivity index (χ0) is 20.5. The Morgan fingerprint density at radius 3 is 2.03 bits per heavy atom. The summed E-state index contributed by atoms with van der Waals surface area (Å²) in [6, 6.07) is 21.6. The van der Waals surface area contributed by atoms with Crippen molar-refractivity contribution in [2.24, 2.45) is 5.10 Å². The number of nitrogens with one attached hydrogen (secondary N) is 1. The van der Waals surface area contributed by atoms with E-state index in [1.54, 1.807) is 30.5 Å². The molecule has 0 saturated carbocycles. The Bertz CT molecular complexity index is 957. The number of halogens is 2. The second-order valence-corrected chi connectivity index (χ2v) is 6.89. The summed E-state index contributed by atoms with van der Waals surface area (Å²) in [6.07, 6.45) is 1.54. The van der Waals surface area contributed by atoms with Crippen LogP contribution < -0.4 is 14.9 Å². The van der Waals surface area contributed by atoms with Crippen molar-refractivity contribution < 1.29 is 14.3 Å². The van der Waals surface area contributed by atoms with Crippen LogP contribution in [0.1, 0.15) is 11.1 Å². The van der Waals surface area contributed by atoms with Gasteiger partial charge in [0.25, 0.3) is 5.91 Å². The Morgan fingerprint density at radius 1 is 0.828 bits per heavy atom. The van der Waals surface area contributed by atoms with Gasteiger partial charge < -0.3 is 9.47 Å². The molecule has 0 heterocycles. The molecule has 0 unspecified atom stereocenters. The van der Waals surface area contributed by atoms with Crippen molar-refractivity contribution in [1.82, 2.24) is 5.43 Å². The minimum atomic E-state index is -0.362. The number of carbonyl (C=O) groups excluding carboxylic acids is 1.